The lowest BCUT2D eigenvalue weighted by Gasteiger charge is -2.17. The molecule has 7 heteroatoms. The van der Waals surface area contributed by atoms with Gasteiger partial charge >= 0.3 is 0 Å². The first-order valence-corrected chi connectivity index (χ1v) is 9.69. The van der Waals surface area contributed by atoms with E-state index in [1.54, 1.807) is 0 Å². The number of hydrogen-bond acceptors (Lipinski definition) is 4. The molecule has 25 heavy (non-hydrogen) atoms. The fraction of sp³-hybridized carbons (Fsp3) is 0.500. The molecule has 1 heterocycles. The summed E-state index contributed by atoms with van der Waals surface area (Å²) < 4.78 is 38.4. The van der Waals surface area contributed by atoms with Crippen LogP contribution >= 0.6 is 0 Å². The molecule has 0 aliphatic rings. The second kappa shape index (κ2) is 10.5. The zero-order chi connectivity index (χ0) is 18.9. The van der Waals surface area contributed by atoms with Crippen LogP contribution in [0.25, 0.3) is 11.3 Å². The lowest BCUT2D eigenvalue weighted by Crippen LogP contribution is -2.68. The Morgan fingerprint density at radius 1 is 0.960 bits per heavy atom. The number of hydrogen-bond donors (Lipinski definition) is 0. The zero-order valence-electron chi connectivity index (χ0n) is 15.1. The minimum absolute atomic E-state index is 1.18. The van der Waals surface area contributed by atoms with Crippen LogP contribution in [0.5, 0.6) is 0 Å². The van der Waals surface area contributed by atoms with Crippen LogP contribution in [0.1, 0.15) is 44.6 Å². The van der Waals surface area contributed by atoms with Crippen LogP contribution in [0.4, 0.5) is 0 Å². The number of aryl methyl sites for hydroxylation is 2. The predicted octanol–water partition coefficient (Wildman–Crippen LogP) is -0.726. The number of unbranched alkanes of at least 4 members (excludes halogenated alkanes) is 4. The molecule has 0 bridgehead atoms. The molecule has 0 aliphatic heterocycles. The van der Waals surface area contributed by atoms with E-state index in [-0.39, 0.29) is 0 Å². The van der Waals surface area contributed by atoms with E-state index in [0.717, 1.165) is 0 Å². The third kappa shape index (κ3) is 8.47. The van der Waals surface area contributed by atoms with E-state index < -0.39 is 10.2 Å². The molecule has 0 aliphatic carbocycles. The van der Waals surface area contributed by atoms with Gasteiger partial charge in [0.2, 0.25) is 0 Å². The van der Waals surface area contributed by atoms with E-state index in [1.165, 1.54) is 55.3 Å². The first kappa shape index (κ1) is 21.6. The van der Waals surface area contributed by atoms with Gasteiger partial charge in [-0.1, -0.05) is 62.9 Å². The summed E-state index contributed by atoms with van der Waals surface area (Å²) in [5.74, 6) is 0. The second-order valence-corrected chi connectivity index (χ2v) is 6.76. The van der Waals surface area contributed by atoms with Crippen molar-refractivity contribution in [1.82, 2.24) is 4.68 Å². The van der Waals surface area contributed by atoms with Gasteiger partial charge in [-0.15, -0.1) is 14.9 Å². The number of rotatable bonds is 7. The van der Waals surface area contributed by atoms with Crippen molar-refractivity contribution in [2.75, 3.05) is 0 Å². The third-order valence-electron chi connectivity index (χ3n) is 4.04. The highest BCUT2D eigenvalue weighted by Gasteiger charge is 2.17. The highest BCUT2D eigenvalue weighted by Crippen LogP contribution is 2.23. The first-order chi connectivity index (χ1) is 11.7. The van der Waals surface area contributed by atoms with Gasteiger partial charge in [-0.3, -0.25) is 0 Å². The molecule has 0 unspecified atom stereocenters. The van der Waals surface area contributed by atoms with Crippen molar-refractivity contribution in [2.24, 2.45) is 14.1 Å². The molecular formula is C18H27ClN2O4. The normalized spacial score (nSPS) is 11.2. The van der Waals surface area contributed by atoms with E-state index in [0.29, 0.717) is 0 Å². The van der Waals surface area contributed by atoms with Gasteiger partial charge in [0.15, 0.2) is 13.2 Å². The molecule has 140 valence electrons. The molecule has 0 saturated carbocycles. The Kier molecular flexibility index (Phi) is 9.10. The van der Waals surface area contributed by atoms with E-state index in [9.17, 15) is 0 Å². The second-order valence-electron chi connectivity index (χ2n) is 6.01. The number of aromatic nitrogens is 2. The summed E-state index contributed by atoms with van der Waals surface area (Å²) in [4.78, 5) is 0. The monoisotopic (exact) mass is 370 g/mol. The van der Waals surface area contributed by atoms with Crippen LogP contribution in [0.3, 0.4) is 0 Å². The fourth-order valence-corrected chi connectivity index (χ4v) is 2.81. The molecule has 0 radical (unpaired) electrons. The van der Waals surface area contributed by atoms with Crippen LogP contribution in [-0.4, -0.2) is 4.68 Å². The maximum Gasteiger partial charge on any atom is 0.199 e. The first-order valence-electron chi connectivity index (χ1n) is 8.45. The summed E-state index contributed by atoms with van der Waals surface area (Å²) >= 11 is 0. The molecule has 0 fully saturated rings. The van der Waals surface area contributed by atoms with E-state index in [1.807, 2.05) is 0 Å². The number of nitrogens with zero attached hydrogens (tertiary/aromatic N) is 2. The zero-order valence-corrected chi connectivity index (χ0v) is 15.9. The lowest BCUT2D eigenvalue weighted by atomic mass is 10.0. The minimum Gasteiger partial charge on any atom is -0.222 e. The molecule has 6 nitrogen and oxygen atoms in total. The predicted molar refractivity (Wildman–Crippen MR) is 84.5 cm³/mol. The highest BCUT2D eigenvalue weighted by atomic mass is 35.7. The van der Waals surface area contributed by atoms with Crippen LogP contribution in [-0.2, 0) is 20.5 Å². The van der Waals surface area contributed by atoms with Gasteiger partial charge in [0.05, 0.1) is 7.05 Å². The van der Waals surface area contributed by atoms with Crippen molar-refractivity contribution < 1.29 is 33.6 Å². The van der Waals surface area contributed by atoms with Gasteiger partial charge in [0.25, 0.3) is 0 Å². The third-order valence-corrected chi connectivity index (χ3v) is 4.04. The quantitative estimate of drug-likeness (QED) is 0.473. The molecule has 1 aromatic heterocycles. The maximum atomic E-state index is 8.49. The Hall–Kier alpha value is -1.44. The Bertz CT molecular complexity index is 618. The largest absolute Gasteiger partial charge is 0.222 e. The van der Waals surface area contributed by atoms with Gasteiger partial charge in [0, 0.05) is 11.1 Å². The number of benzene rings is 1. The average Bonchev–Trinajstić information content (AvgIpc) is 2.81. The van der Waals surface area contributed by atoms with Crippen molar-refractivity contribution in [1.29, 1.82) is 0 Å². The smallest absolute Gasteiger partial charge is 0.199 e. The number of halogens is 1. The van der Waals surface area contributed by atoms with Crippen molar-refractivity contribution in [3.8, 4) is 11.3 Å². The Labute approximate surface area is 151 Å². The molecule has 0 saturated heterocycles. The van der Waals surface area contributed by atoms with Crippen molar-refractivity contribution >= 4 is 0 Å². The van der Waals surface area contributed by atoms with Gasteiger partial charge in [0.1, 0.15) is 5.69 Å². The Morgan fingerprint density at radius 2 is 1.52 bits per heavy atom. The van der Waals surface area contributed by atoms with Gasteiger partial charge in [-0.25, -0.2) is 18.6 Å². The Balaban J connectivity index is 0.000000550. The molecule has 0 spiro atoms. The molecule has 2 aromatic rings. The van der Waals surface area contributed by atoms with E-state index in [4.69, 9.17) is 18.6 Å². The van der Waals surface area contributed by atoms with E-state index >= 15 is 0 Å². The lowest BCUT2D eigenvalue weighted by molar-refractivity contribution is -2.00. The summed E-state index contributed by atoms with van der Waals surface area (Å²) in [5, 5.41) is 0. The summed E-state index contributed by atoms with van der Waals surface area (Å²) in [7, 11) is -0.685. The molecule has 0 atom stereocenters. The molecular weight excluding hydrogens is 344 g/mol. The van der Waals surface area contributed by atoms with Gasteiger partial charge in [-0.05, 0) is 12.8 Å². The topological polar surface area (TPSA) is 101 Å². The summed E-state index contributed by atoms with van der Waals surface area (Å²) in [6, 6.07) is 10.7. The standard InChI is InChI=1S/C18H27N2.ClHO4/c1-4-5-6-7-9-14-17-15-19(2)20(3)18(17)16-12-10-8-11-13-16;2-1(3,4)5/h8,10-13,15H,4-7,9,14H2,1-3H3;(H,2,3,4,5)/q+1;/p-1. The van der Waals surface area contributed by atoms with Gasteiger partial charge in [-0.2, -0.15) is 4.68 Å². The van der Waals surface area contributed by atoms with Crippen LogP contribution in [0, 0.1) is 10.2 Å². The summed E-state index contributed by atoms with van der Waals surface area (Å²) in [6.07, 6.45) is 10.2. The summed E-state index contributed by atoms with van der Waals surface area (Å²) in [6.45, 7) is 2.27. The molecule has 1 aromatic carbocycles. The van der Waals surface area contributed by atoms with Crippen molar-refractivity contribution in [2.45, 2.75) is 45.4 Å². The van der Waals surface area contributed by atoms with Crippen molar-refractivity contribution in [3.05, 3.63) is 42.1 Å². The average molecular weight is 371 g/mol. The highest BCUT2D eigenvalue weighted by molar-refractivity contribution is 5.62. The maximum absolute atomic E-state index is 8.49. The van der Waals surface area contributed by atoms with Crippen LogP contribution in [0.15, 0.2) is 36.5 Å². The fourth-order valence-electron chi connectivity index (χ4n) is 2.81. The minimum atomic E-state index is -4.94. The van der Waals surface area contributed by atoms with Crippen LogP contribution in [0.2, 0.25) is 0 Å². The summed E-state index contributed by atoms with van der Waals surface area (Å²) in [5.41, 5.74) is 4.15. The molecule has 0 amide bonds. The van der Waals surface area contributed by atoms with Crippen LogP contribution < -0.4 is 23.3 Å². The Morgan fingerprint density at radius 3 is 2.08 bits per heavy atom. The molecule has 2 rings (SSSR count). The van der Waals surface area contributed by atoms with E-state index in [2.05, 4.69) is 66.9 Å². The van der Waals surface area contributed by atoms with Gasteiger partial charge < -0.3 is 0 Å². The molecule has 0 N–H and O–H groups in total. The van der Waals surface area contributed by atoms with Crippen molar-refractivity contribution in [3.63, 3.8) is 0 Å². The SMILES string of the molecule is CCCCCCCc1c[n+](C)n(C)c1-c1ccccc1.[O-][Cl+3]([O-])([O-])[O-].